The van der Waals surface area contributed by atoms with Gasteiger partial charge in [0.15, 0.2) is 11.2 Å². The van der Waals surface area contributed by atoms with Crippen LogP contribution in [0, 0.1) is 37.4 Å². The van der Waals surface area contributed by atoms with E-state index in [1.54, 1.807) is 0 Å². The predicted molar refractivity (Wildman–Crippen MR) is 60.9 cm³/mol. The molecule has 17 heavy (non-hydrogen) atoms. The molecule has 0 radical (unpaired) electrons. The van der Waals surface area contributed by atoms with Crippen molar-refractivity contribution in [1.29, 1.82) is 0 Å². The van der Waals surface area contributed by atoms with E-state index in [9.17, 15) is 9.59 Å². The number of fused-ring (bicyclic) bond motifs is 1. The summed E-state index contributed by atoms with van der Waals surface area (Å²) in [6.07, 6.45) is 16.6. The third-order valence-electron chi connectivity index (χ3n) is 2.15. The molecule has 2 aromatic heterocycles. The van der Waals surface area contributed by atoms with Crippen LogP contribution in [0.25, 0.3) is 11.2 Å². The van der Waals surface area contributed by atoms with E-state index < -0.39 is 11.2 Å². The van der Waals surface area contributed by atoms with Gasteiger partial charge in [0.05, 0.1) is 0 Å². The number of imidazole rings is 1. The standard InChI is InChI=1S/C11H4N4O2/c1-4-13-7-12-9-8(13)10(16)15(6-3)11(17)14(9)5-2/h1-3,7H. The summed E-state index contributed by atoms with van der Waals surface area (Å²) in [4.78, 5) is 27.4. The molecule has 0 saturated carbocycles. The van der Waals surface area contributed by atoms with Crippen molar-refractivity contribution in [2.45, 2.75) is 0 Å². The minimum Gasteiger partial charge on any atom is -0.266 e. The van der Waals surface area contributed by atoms with Crippen molar-refractivity contribution in [3.05, 3.63) is 27.2 Å². The van der Waals surface area contributed by atoms with Crippen LogP contribution in [-0.4, -0.2) is 18.7 Å². The van der Waals surface area contributed by atoms with Crippen LogP contribution in [0.5, 0.6) is 0 Å². The smallest absolute Gasteiger partial charge is 0.266 e. The van der Waals surface area contributed by atoms with E-state index in [0.29, 0.717) is 4.57 Å². The van der Waals surface area contributed by atoms with Gasteiger partial charge in [-0.1, -0.05) is 19.3 Å². The average Bonchev–Trinajstić information content (AvgIpc) is 2.74. The van der Waals surface area contributed by atoms with Gasteiger partial charge in [-0.25, -0.2) is 9.78 Å². The van der Waals surface area contributed by atoms with Crippen molar-refractivity contribution in [3.8, 4) is 37.4 Å². The third-order valence-corrected chi connectivity index (χ3v) is 2.15. The van der Waals surface area contributed by atoms with E-state index in [4.69, 9.17) is 19.3 Å². The summed E-state index contributed by atoms with van der Waals surface area (Å²) >= 11 is 0. The van der Waals surface area contributed by atoms with Gasteiger partial charge in [0.1, 0.15) is 6.33 Å². The van der Waals surface area contributed by atoms with Gasteiger partial charge in [0.2, 0.25) is 0 Å². The maximum Gasteiger partial charge on any atom is 0.356 e. The topological polar surface area (TPSA) is 61.8 Å². The Morgan fingerprint density at radius 3 is 2.24 bits per heavy atom. The molecular weight excluding hydrogens is 220 g/mol. The zero-order valence-electron chi connectivity index (χ0n) is 8.41. The first-order valence-corrected chi connectivity index (χ1v) is 4.30. The monoisotopic (exact) mass is 224 g/mol. The second-order valence-electron chi connectivity index (χ2n) is 2.93. The third kappa shape index (κ3) is 1.17. The molecule has 6 nitrogen and oxygen atoms in total. The molecule has 0 unspecified atom stereocenters. The Kier molecular flexibility index (Phi) is 2.10. The minimum absolute atomic E-state index is 0.00644. The lowest BCUT2D eigenvalue weighted by Gasteiger charge is -2.00. The van der Waals surface area contributed by atoms with Gasteiger partial charge in [0, 0.05) is 18.1 Å². The number of nitrogens with zero attached hydrogens (tertiary/aromatic N) is 4. The summed E-state index contributed by atoms with van der Waals surface area (Å²) < 4.78 is 2.47. The molecule has 0 spiro atoms. The Morgan fingerprint density at radius 1 is 1.06 bits per heavy atom. The predicted octanol–water partition coefficient (Wildman–Crippen LogP) is -1.32. The number of terminal acetylenes is 3. The highest BCUT2D eigenvalue weighted by molar-refractivity contribution is 5.72. The first kappa shape index (κ1) is 10.4. The van der Waals surface area contributed by atoms with Crippen LogP contribution in [0.2, 0.25) is 0 Å². The molecule has 6 heteroatoms. The lowest BCUT2D eigenvalue weighted by molar-refractivity contribution is 0.864. The van der Waals surface area contributed by atoms with Crippen LogP contribution in [0.3, 0.4) is 0 Å². The zero-order chi connectivity index (χ0) is 12.6. The summed E-state index contributed by atoms with van der Waals surface area (Å²) in [5.41, 5.74) is -1.56. The van der Waals surface area contributed by atoms with Gasteiger partial charge in [0.25, 0.3) is 5.56 Å². The Labute approximate surface area is 95.1 Å². The van der Waals surface area contributed by atoms with Crippen molar-refractivity contribution in [2.75, 3.05) is 0 Å². The molecule has 0 N–H and O–H groups in total. The van der Waals surface area contributed by atoms with E-state index in [-0.39, 0.29) is 11.2 Å². The molecule has 0 aliphatic heterocycles. The highest BCUT2D eigenvalue weighted by atomic mass is 16.2. The second kappa shape index (κ2) is 3.44. The SMILES string of the molecule is C#Cn1c(=O)c2c(ncn2C#C)n(C#C)c1=O. The Hall–Kier alpha value is -3.17. The average molecular weight is 224 g/mol. The summed E-state index contributed by atoms with van der Waals surface area (Å²) in [6.45, 7) is 0. The van der Waals surface area contributed by atoms with Crippen molar-refractivity contribution in [2.24, 2.45) is 0 Å². The molecule has 0 aliphatic carbocycles. The summed E-state index contributed by atoms with van der Waals surface area (Å²) in [5.74, 6) is 0. The Balaban J connectivity index is 3.26. The van der Waals surface area contributed by atoms with Crippen LogP contribution in [-0.2, 0) is 0 Å². The maximum atomic E-state index is 11.9. The quantitative estimate of drug-likeness (QED) is 0.521. The number of rotatable bonds is 0. The van der Waals surface area contributed by atoms with E-state index in [1.165, 1.54) is 6.33 Å². The van der Waals surface area contributed by atoms with Gasteiger partial charge in [-0.3, -0.25) is 9.36 Å². The molecular formula is C11H4N4O2. The van der Waals surface area contributed by atoms with Crippen molar-refractivity contribution in [3.63, 3.8) is 0 Å². The van der Waals surface area contributed by atoms with Gasteiger partial charge >= 0.3 is 5.69 Å². The molecule has 0 saturated heterocycles. The Bertz CT molecular complexity index is 859. The van der Waals surface area contributed by atoms with E-state index in [0.717, 1.165) is 9.13 Å². The molecule has 2 rings (SSSR count). The zero-order valence-corrected chi connectivity index (χ0v) is 8.41. The summed E-state index contributed by atoms with van der Waals surface area (Å²) in [6, 6.07) is 6.22. The van der Waals surface area contributed by atoms with E-state index in [1.807, 2.05) is 6.04 Å². The van der Waals surface area contributed by atoms with E-state index in [2.05, 4.69) is 17.1 Å². The van der Waals surface area contributed by atoms with Crippen LogP contribution in [0.1, 0.15) is 0 Å². The fourth-order valence-corrected chi connectivity index (χ4v) is 1.41. The molecule has 0 aromatic carbocycles. The molecule has 2 heterocycles. The second-order valence-corrected chi connectivity index (χ2v) is 2.93. The summed E-state index contributed by atoms with van der Waals surface area (Å²) in [5, 5.41) is 0. The van der Waals surface area contributed by atoms with Gasteiger partial charge in [-0.15, -0.1) is 0 Å². The molecule has 0 amide bonds. The van der Waals surface area contributed by atoms with Gasteiger partial charge in [-0.2, -0.15) is 9.13 Å². The largest absolute Gasteiger partial charge is 0.356 e. The fraction of sp³-hybridized carbons (Fsp3) is 0. The summed E-state index contributed by atoms with van der Waals surface area (Å²) in [7, 11) is 0. The van der Waals surface area contributed by atoms with Gasteiger partial charge in [-0.05, 0) is 0 Å². The first-order chi connectivity index (χ1) is 8.15. The first-order valence-electron chi connectivity index (χ1n) is 4.30. The molecule has 80 valence electrons. The van der Waals surface area contributed by atoms with Crippen molar-refractivity contribution >= 4 is 11.2 Å². The van der Waals surface area contributed by atoms with Crippen LogP contribution in [0.4, 0.5) is 0 Å². The lowest BCUT2D eigenvalue weighted by Crippen LogP contribution is -2.37. The highest BCUT2D eigenvalue weighted by Crippen LogP contribution is 2.03. The maximum absolute atomic E-state index is 11.9. The molecule has 0 atom stereocenters. The lowest BCUT2D eigenvalue weighted by atomic mass is 10.5. The molecule has 0 bridgehead atoms. The fourth-order valence-electron chi connectivity index (χ4n) is 1.41. The minimum atomic E-state index is -0.824. The number of hydrogen-bond donors (Lipinski definition) is 0. The van der Waals surface area contributed by atoms with Crippen LogP contribution >= 0.6 is 0 Å². The molecule has 0 fully saturated rings. The highest BCUT2D eigenvalue weighted by Gasteiger charge is 2.15. The van der Waals surface area contributed by atoms with Crippen molar-refractivity contribution < 1.29 is 0 Å². The van der Waals surface area contributed by atoms with E-state index >= 15 is 0 Å². The van der Waals surface area contributed by atoms with Crippen LogP contribution in [0.15, 0.2) is 15.9 Å². The van der Waals surface area contributed by atoms with Crippen LogP contribution < -0.4 is 11.2 Å². The van der Waals surface area contributed by atoms with Gasteiger partial charge < -0.3 is 0 Å². The van der Waals surface area contributed by atoms with Crippen molar-refractivity contribution in [1.82, 2.24) is 18.7 Å². The molecule has 0 aliphatic rings. The normalized spacial score (nSPS) is 9.47. The molecule has 2 aromatic rings. The number of hydrogen-bond acceptors (Lipinski definition) is 3. The Morgan fingerprint density at radius 2 is 1.71 bits per heavy atom. The number of aromatic nitrogens is 4.